The maximum atomic E-state index is 14.9. The summed E-state index contributed by atoms with van der Waals surface area (Å²) in [6, 6.07) is 4.98. The molecule has 5 rings (SSSR count). The Morgan fingerprint density at radius 1 is 0.750 bits per heavy atom. The van der Waals surface area contributed by atoms with Crippen LogP contribution in [0.15, 0.2) is 46.9 Å². The summed E-state index contributed by atoms with van der Waals surface area (Å²) in [5.41, 5.74) is -2.43. The largest absolute Gasteiger partial charge is 0.456 e. The van der Waals surface area contributed by atoms with E-state index in [0.717, 1.165) is 49.9 Å². The first-order valence-electron chi connectivity index (χ1n) is 12.9. The van der Waals surface area contributed by atoms with E-state index < -0.39 is 63.6 Å². The van der Waals surface area contributed by atoms with Gasteiger partial charge in [-0.1, -0.05) is 19.8 Å². The van der Waals surface area contributed by atoms with Crippen LogP contribution in [0.3, 0.4) is 0 Å². The van der Waals surface area contributed by atoms with Crippen molar-refractivity contribution in [1.29, 1.82) is 0 Å². The SMILES string of the molecule is CCCC1CCC(c2cc(F)c(C(F)(F)Oc3cc(F)c(-c4cc5cc(F)c(F)cc5o4)c(F)c3)c(F)c2)CC1. The maximum Gasteiger partial charge on any atom is 0.432 e. The zero-order valence-electron chi connectivity index (χ0n) is 21.3. The van der Waals surface area contributed by atoms with E-state index in [1.54, 1.807) is 0 Å². The lowest BCUT2D eigenvalue weighted by Gasteiger charge is -2.29. The van der Waals surface area contributed by atoms with Crippen LogP contribution in [0.4, 0.5) is 35.1 Å². The Hall–Kier alpha value is -3.56. The van der Waals surface area contributed by atoms with Gasteiger partial charge < -0.3 is 9.15 Å². The van der Waals surface area contributed by atoms with Crippen LogP contribution >= 0.6 is 0 Å². The molecule has 4 aromatic rings. The molecular weight excluding hydrogens is 544 g/mol. The fraction of sp³-hybridized carbons (Fsp3) is 0.333. The van der Waals surface area contributed by atoms with Crippen molar-refractivity contribution >= 4 is 11.0 Å². The van der Waals surface area contributed by atoms with Gasteiger partial charge in [0.25, 0.3) is 0 Å². The number of alkyl halides is 2. The van der Waals surface area contributed by atoms with Gasteiger partial charge in [-0.25, -0.2) is 26.3 Å². The molecule has 0 amide bonds. The molecule has 0 spiro atoms. The highest BCUT2D eigenvalue weighted by Crippen LogP contribution is 2.42. The first-order chi connectivity index (χ1) is 19.0. The Morgan fingerprint density at radius 2 is 1.35 bits per heavy atom. The molecule has 1 saturated carbocycles. The quantitative estimate of drug-likeness (QED) is 0.207. The minimum atomic E-state index is -4.61. The molecule has 0 aliphatic heterocycles. The van der Waals surface area contributed by atoms with E-state index in [9.17, 15) is 35.1 Å². The van der Waals surface area contributed by atoms with Crippen LogP contribution in [0.2, 0.25) is 0 Å². The van der Waals surface area contributed by atoms with Gasteiger partial charge in [0, 0.05) is 23.6 Å². The molecule has 1 heterocycles. The summed E-state index contributed by atoms with van der Waals surface area (Å²) in [6.07, 6.45) is 0.654. The van der Waals surface area contributed by atoms with E-state index >= 15 is 0 Å². The van der Waals surface area contributed by atoms with Gasteiger partial charge in [0.05, 0.1) is 5.56 Å². The van der Waals surface area contributed by atoms with Crippen LogP contribution < -0.4 is 4.74 Å². The van der Waals surface area contributed by atoms with Crippen molar-refractivity contribution in [2.45, 2.75) is 57.5 Å². The van der Waals surface area contributed by atoms with Crippen LogP contribution in [0.5, 0.6) is 5.75 Å². The molecular formula is C30H24F8O2. The summed E-state index contributed by atoms with van der Waals surface area (Å²) in [5, 5.41) is 0.00274. The Labute approximate surface area is 224 Å². The molecule has 0 bridgehead atoms. The zero-order chi connectivity index (χ0) is 28.8. The van der Waals surface area contributed by atoms with Crippen molar-refractivity contribution in [3.63, 3.8) is 0 Å². The van der Waals surface area contributed by atoms with Crippen molar-refractivity contribution in [3.8, 4) is 17.1 Å². The summed E-state index contributed by atoms with van der Waals surface area (Å²) in [4.78, 5) is 0. The van der Waals surface area contributed by atoms with E-state index in [4.69, 9.17) is 4.42 Å². The third kappa shape index (κ3) is 5.40. The molecule has 3 aromatic carbocycles. The first kappa shape index (κ1) is 28.0. The highest BCUT2D eigenvalue weighted by Gasteiger charge is 2.42. The lowest BCUT2D eigenvalue weighted by atomic mass is 9.77. The molecule has 1 aliphatic rings. The summed E-state index contributed by atoms with van der Waals surface area (Å²) < 4.78 is 126. The van der Waals surface area contributed by atoms with Gasteiger partial charge in [-0.2, -0.15) is 8.78 Å². The van der Waals surface area contributed by atoms with Crippen molar-refractivity contribution in [3.05, 3.63) is 88.5 Å². The number of halogens is 8. The fourth-order valence-corrected chi connectivity index (χ4v) is 5.50. The Morgan fingerprint density at radius 3 is 1.95 bits per heavy atom. The number of furan rings is 1. The van der Waals surface area contributed by atoms with E-state index in [-0.39, 0.29) is 22.5 Å². The molecule has 0 N–H and O–H groups in total. The van der Waals surface area contributed by atoms with Gasteiger partial charge in [0.2, 0.25) is 0 Å². The van der Waals surface area contributed by atoms with Gasteiger partial charge >= 0.3 is 6.11 Å². The number of fused-ring (bicyclic) bond motifs is 1. The number of rotatable bonds is 7. The summed E-state index contributed by atoms with van der Waals surface area (Å²) in [5.74, 6) is -9.49. The van der Waals surface area contributed by atoms with Gasteiger partial charge in [-0.15, -0.1) is 0 Å². The van der Waals surface area contributed by atoms with Crippen LogP contribution in [0.1, 0.15) is 62.5 Å². The molecule has 2 nitrogen and oxygen atoms in total. The second-order valence-corrected chi connectivity index (χ2v) is 10.2. The Kier molecular flexibility index (Phi) is 7.54. The van der Waals surface area contributed by atoms with Gasteiger partial charge in [-0.3, -0.25) is 0 Å². The zero-order valence-corrected chi connectivity index (χ0v) is 21.3. The van der Waals surface area contributed by atoms with E-state index in [0.29, 0.717) is 37.0 Å². The first-order valence-corrected chi connectivity index (χ1v) is 12.9. The summed E-state index contributed by atoms with van der Waals surface area (Å²) in [7, 11) is 0. The third-order valence-electron chi connectivity index (χ3n) is 7.44. The van der Waals surface area contributed by atoms with E-state index in [1.807, 2.05) is 0 Å². The minimum absolute atomic E-state index is 0.00274. The minimum Gasteiger partial charge on any atom is -0.456 e. The lowest BCUT2D eigenvalue weighted by molar-refractivity contribution is -0.189. The van der Waals surface area contributed by atoms with E-state index in [2.05, 4.69) is 11.7 Å². The van der Waals surface area contributed by atoms with Crippen molar-refractivity contribution in [1.82, 2.24) is 0 Å². The van der Waals surface area contributed by atoms with Gasteiger partial charge in [-0.05, 0) is 67.3 Å². The number of hydrogen-bond donors (Lipinski definition) is 0. The molecule has 0 unspecified atom stereocenters. The molecule has 0 saturated heterocycles. The summed E-state index contributed by atoms with van der Waals surface area (Å²) >= 11 is 0. The maximum absolute atomic E-state index is 14.9. The molecule has 40 heavy (non-hydrogen) atoms. The average molecular weight is 569 g/mol. The number of benzene rings is 3. The normalized spacial score (nSPS) is 17.9. The van der Waals surface area contributed by atoms with Crippen LogP contribution in [0, 0.1) is 40.8 Å². The van der Waals surface area contributed by atoms with Gasteiger partial charge in [0.15, 0.2) is 11.6 Å². The highest BCUT2D eigenvalue weighted by molar-refractivity contribution is 5.83. The second kappa shape index (κ2) is 10.8. The molecule has 10 heteroatoms. The predicted molar refractivity (Wildman–Crippen MR) is 132 cm³/mol. The standard InChI is InChI=1S/C30H24F8O2/c1-2-3-15-4-6-16(7-5-15)17-8-24(35)29(25(36)9-17)30(37,38)40-19-12-22(33)28(23(34)13-19)27-11-18-10-20(31)21(32)14-26(18)39-27/h8-16H,2-7H2,1H3. The smallest absolute Gasteiger partial charge is 0.432 e. The number of ether oxygens (including phenoxy) is 1. The van der Waals surface area contributed by atoms with Crippen molar-refractivity contribution in [2.24, 2.45) is 5.92 Å². The predicted octanol–water partition coefficient (Wildman–Crippen LogP) is 10.1. The Bertz CT molecular complexity index is 1470. The Balaban J connectivity index is 1.39. The highest BCUT2D eigenvalue weighted by atomic mass is 19.3. The molecule has 212 valence electrons. The molecule has 1 aliphatic carbocycles. The van der Waals surface area contributed by atoms with Crippen LogP contribution in [-0.2, 0) is 6.11 Å². The van der Waals surface area contributed by atoms with Crippen molar-refractivity contribution in [2.75, 3.05) is 0 Å². The van der Waals surface area contributed by atoms with Crippen LogP contribution in [0.25, 0.3) is 22.3 Å². The summed E-state index contributed by atoms with van der Waals surface area (Å²) in [6.45, 7) is 2.09. The van der Waals surface area contributed by atoms with Crippen molar-refractivity contribution < 1.29 is 44.3 Å². The third-order valence-corrected chi connectivity index (χ3v) is 7.44. The topological polar surface area (TPSA) is 22.4 Å². The van der Waals surface area contributed by atoms with Crippen LogP contribution in [-0.4, -0.2) is 0 Å². The fourth-order valence-electron chi connectivity index (χ4n) is 5.50. The van der Waals surface area contributed by atoms with E-state index in [1.165, 1.54) is 0 Å². The lowest BCUT2D eigenvalue weighted by Crippen LogP contribution is -2.26. The molecule has 0 radical (unpaired) electrons. The average Bonchev–Trinajstić information content (AvgIpc) is 3.25. The second-order valence-electron chi connectivity index (χ2n) is 10.2. The molecule has 0 atom stereocenters. The number of hydrogen-bond acceptors (Lipinski definition) is 2. The van der Waals surface area contributed by atoms with Gasteiger partial charge in [0.1, 0.15) is 45.9 Å². The monoisotopic (exact) mass is 568 g/mol. The molecule has 1 aromatic heterocycles. The molecule has 1 fully saturated rings.